The van der Waals surface area contributed by atoms with Crippen LogP contribution in [-0.4, -0.2) is 42.1 Å². The Kier molecular flexibility index (Phi) is 7.00. The van der Waals surface area contributed by atoms with Crippen molar-refractivity contribution in [1.82, 2.24) is 10.2 Å². The van der Waals surface area contributed by atoms with Gasteiger partial charge in [-0.05, 0) is 61.8 Å². The van der Waals surface area contributed by atoms with Gasteiger partial charge >= 0.3 is 0 Å². The van der Waals surface area contributed by atoms with Crippen LogP contribution in [0.15, 0.2) is 23.1 Å². The van der Waals surface area contributed by atoms with Crippen molar-refractivity contribution >= 4 is 23.6 Å². The molecule has 1 saturated heterocycles. The van der Waals surface area contributed by atoms with Gasteiger partial charge in [-0.15, -0.1) is 11.8 Å². The van der Waals surface area contributed by atoms with Gasteiger partial charge in [0.2, 0.25) is 11.8 Å². The number of aryl methyl sites for hydroxylation is 2. The molecule has 26 heavy (non-hydrogen) atoms. The summed E-state index contributed by atoms with van der Waals surface area (Å²) in [6.07, 6.45) is 7.50. The number of hydrogen-bond donors (Lipinski definition) is 1. The molecule has 0 bridgehead atoms. The van der Waals surface area contributed by atoms with Crippen LogP contribution in [0.1, 0.15) is 50.2 Å². The molecular weight excluding hydrogens is 344 g/mol. The van der Waals surface area contributed by atoms with Crippen LogP contribution in [-0.2, 0) is 22.4 Å². The minimum absolute atomic E-state index is 0.0467. The topological polar surface area (TPSA) is 49.4 Å². The first-order chi connectivity index (χ1) is 12.7. The van der Waals surface area contributed by atoms with Crippen molar-refractivity contribution in [2.75, 3.05) is 25.4 Å². The van der Waals surface area contributed by atoms with E-state index in [1.54, 1.807) is 11.8 Å². The van der Waals surface area contributed by atoms with Crippen molar-refractivity contribution in [2.24, 2.45) is 5.92 Å². The van der Waals surface area contributed by atoms with Gasteiger partial charge in [0, 0.05) is 24.5 Å². The molecule has 4 nitrogen and oxygen atoms in total. The molecular formula is C21H30N2O2S. The number of carbonyl (C=O) groups excluding carboxylic acids is 2. The fraction of sp³-hybridized carbons (Fsp3) is 0.619. The lowest BCUT2D eigenvalue weighted by Crippen LogP contribution is -2.46. The Morgan fingerprint density at radius 2 is 2.08 bits per heavy atom. The van der Waals surface area contributed by atoms with E-state index >= 15 is 0 Å². The van der Waals surface area contributed by atoms with Gasteiger partial charge in [-0.25, -0.2) is 0 Å². The molecule has 0 aromatic heterocycles. The number of piperidine rings is 1. The van der Waals surface area contributed by atoms with Gasteiger partial charge in [-0.3, -0.25) is 9.59 Å². The minimum atomic E-state index is -0.0467. The standard InChI is InChI=1S/C21H30N2O2S/c1-2-3-11-22-21(25)18-8-5-12-23(14-18)20(24)15-26-19-10-9-16-6-4-7-17(16)13-19/h9-10,13,18H,2-8,11-12,14-15H2,1H3,(H,22,25). The summed E-state index contributed by atoms with van der Waals surface area (Å²) < 4.78 is 0. The fourth-order valence-electron chi connectivity index (χ4n) is 3.82. The van der Waals surface area contributed by atoms with Gasteiger partial charge < -0.3 is 10.2 Å². The Balaban J connectivity index is 1.47. The highest BCUT2D eigenvalue weighted by Gasteiger charge is 2.28. The quantitative estimate of drug-likeness (QED) is 0.588. The van der Waals surface area contributed by atoms with Crippen molar-refractivity contribution in [3.8, 4) is 0 Å². The second-order valence-electron chi connectivity index (χ2n) is 7.40. The summed E-state index contributed by atoms with van der Waals surface area (Å²) in [5, 5.41) is 3.01. The van der Waals surface area contributed by atoms with E-state index in [2.05, 4.69) is 30.4 Å². The Morgan fingerprint density at radius 3 is 2.92 bits per heavy atom. The van der Waals surface area contributed by atoms with Crippen LogP contribution >= 0.6 is 11.8 Å². The minimum Gasteiger partial charge on any atom is -0.356 e. The van der Waals surface area contributed by atoms with Crippen LogP contribution in [0.3, 0.4) is 0 Å². The van der Waals surface area contributed by atoms with Gasteiger partial charge in [0.05, 0.1) is 11.7 Å². The van der Waals surface area contributed by atoms with Gasteiger partial charge in [-0.2, -0.15) is 0 Å². The molecule has 142 valence electrons. The highest BCUT2D eigenvalue weighted by atomic mass is 32.2. The smallest absolute Gasteiger partial charge is 0.232 e. The van der Waals surface area contributed by atoms with Crippen LogP contribution in [0, 0.1) is 5.92 Å². The molecule has 0 radical (unpaired) electrons. The Hall–Kier alpha value is -1.49. The molecule has 1 fully saturated rings. The van der Waals surface area contributed by atoms with Crippen LogP contribution in [0.4, 0.5) is 0 Å². The molecule has 3 rings (SSSR count). The average Bonchev–Trinajstić information content (AvgIpc) is 3.14. The van der Waals surface area contributed by atoms with Gasteiger partial charge in [0.15, 0.2) is 0 Å². The highest BCUT2D eigenvalue weighted by Crippen LogP contribution is 2.28. The molecule has 1 heterocycles. The van der Waals surface area contributed by atoms with Crippen molar-refractivity contribution < 1.29 is 9.59 Å². The number of rotatable bonds is 7. The Bertz CT molecular complexity index is 647. The molecule has 1 aliphatic carbocycles. The van der Waals surface area contributed by atoms with E-state index < -0.39 is 0 Å². The number of unbranched alkanes of at least 4 members (excludes halogenated alkanes) is 1. The lowest BCUT2D eigenvalue weighted by molar-refractivity contribution is -0.133. The molecule has 1 aromatic rings. The number of amides is 2. The van der Waals surface area contributed by atoms with E-state index in [0.29, 0.717) is 12.3 Å². The normalized spacial score (nSPS) is 19.3. The fourth-order valence-corrected chi connectivity index (χ4v) is 4.69. The molecule has 1 atom stereocenters. The number of nitrogens with one attached hydrogen (secondary N) is 1. The van der Waals surface area contributed by atoms with E-state index in [-0.39, 0.29) is 17.7 Å². The van der Waals surface area contributed by atoms with Gasteiger partial charge in [0.1, 0.15) is 0 Å². The van der Waals surface area contributed by atoms with Crippen LogP contribution in [0.5, 0.6) is 0 Å². The maximum absolute atomic E-state index is 12.6. The second-order valence-corrected chi connectivity index (χ2v) is 8.44. The third-order valence-electron chi connectivity index (χ3n) is 5.41. The van der Waals surface area contributed by atoms with E-state index in [1.165, 1.54) is 35.3 Å². The molecule has 1 unspecified atom stereocenters. The van der Waals surface area contributed by atoms with E-state index in [1.807, 2.05) is 4.90 Å². The summed E-state index contributed by atoms with van der Waals surface area (Å²) in [7, 11) is 0. The van der Waals surface area contributed by atoms with Crippen LogP contribution in [0.2, 0.25) is 0 Å². The summed E-state index contributed by atoms with van der Waals surface area (Å²) >= 11 is 1.62. The van der Waals surface area contributed by atoms with Crippen molar-refractivity contribution in [3.05, 3.63) is 29.3 Å². The third kappa shape index (κ3) is 5.03. The van der Waals surface area contributed by atoms with Crippen LogP contribution in [0.25, 0.3) is 0 Å². The summed E-state index contributed by atoms with van der Waals surface area (Å²) in [6.45, 7) is 4.21. The number of nitrogens with zero attached hydrogens (tertiary/aromatic N) is 1. The summed E-state index contributed by atoms with van der Waals surface area (Å²) in [6, 6.07) is 6.61. The average molecular weight is 375 g/mol. The van der Waals surface area contributed by atoms with E-state index in [9.17, 15) is 9.59 Å². The molecule has 5 heteroatoms. The van der Waals surface area contributed by atoms with Gasteiger partial charge in [0.25, 0.3) is 0 Å². The van der Waals surface area contributed by atoms with E-state index in [0.717, 1.165) is 38.8 Å². The molecule has 2 aliphatic rings. The summed E-state index contributed by atoms with van der Waals surface area (Å²) in [5.41, 5.74) is 2.91. The Labute approximate surface area is 161 Å². The monoisotopic (exact) mass is 374 g/mol. The SMILES string of the molecule is CCCCNC(=O)C1CCCN(C(=O)CSc2ccc3c(c2)CCC3)C1. The maximum atomic E-state index is 12.6. The zero-order valence-corrected chi connectivity index (χ0v) is 16.6. The zero-order valence-electron chi connectivity index (χ0n) is 15.8. The van der Waals surface area contributed by atoms with Gasteiger partial charge in [-0.1, -0.05) is 19.4 Å². The lowest BCUT2D eigenvalue weighted by atomic mass is 9.97. The number of benzene rings is 1. The highest BCUT2D eigenvalue weighted by molar-refractivity contribution is 8.00. The Morgan fingerprint density at radius 1 is 1.23 bits per heavy atom. The lowest BCUT2D eigenvalue weighted by Gasteiger charge is -2.32. The summed E-state index contributed by atoms with van der Waals surface area (Å²) in [5.74, 6) is 0.682. The third-order valence-corrected chi connectivity index (χ3v) is 6.39. The second kappa shape index (κ2) is 9.45. The van der Waals surface area contributed by atoms with Crippen molar-refractivity contribution in [1.29, 1.82) is 0 Å². The predicted octanol–water partition coefficient (Wildman–Crippen LogP) is 3.42. The largest absolute Gasteiger partial charge is 0.356 e. The number of thioether (sulfide) groups is 1. The molecule has 1 aliphatic heterocycles. The molecule has 0 saturated carbocycles. The predicted molar refractivity (Wildman–Crippen MR) is 106 cm³/mol. The first-order valence-electron chi connectivity index (χ1n) is 9.97. The number of likely N-dealkylation sites (tertiary alicyclic amines) is 1. The maximum Gasteiger partial charge on any atom is 0.232 e. The van der Waals surface area contributed by atoms with Crippen molar-refractivity contribution in [2.45, 2.75) is 56.8 Å². The first kappa shape index (κ1) is 19.3. The molecule has 1 aromatic carbocycles. The number of carbonyl (C=O) groups is 2. The molecule has 0 spiro atoms. The van der Waals surface area contributed by atoms with Crippen LogP contribution < -0.4 is 5.32 Å². The number of fused-ring (bicyclic) bond motifs is 1. The zero-order chi connectivity index (χ0) is 18.4. The first-order valence-corrected chi connectivity index (χ1v) is 11.0. The number of hydrogen-bond acceptors (Lipinski definition) is 3. The summed E-state index contributed by atoms with van der Waals surface area (Å²) in [4.78, 5) is 27.9. The van der Waals surface area contributed by atoms with E-state index in [4.69, 9.17) is 0 Å². The molecule has 1 N–H and O–H groups in total. The molecule has 2 amide bonds. The van der Waals surface area contributed by atoms with Crippen molar-refractivity contribution in [3.63, 3.8) is 0 Å².